The number of piperidine rings is 1. The van der Waals surface area contributed by atoms with Crippen LogP contribution in [-0.2, 0) is 11.2 Å². The van der Waals surface area contributed by atoms with Crippen LogP contribution in [0.2, 0.25) is 0 Å². The van der Waals surface area contributed by atoms with Crippen molar-refractivity contribution < 1.29 is 23.1 Å². The maximum Gasteiger partial charge on any atom is 0.391 e. The summed E-state index contributed by atoms with van der Waals surface area (Å²) in [5, 5.41) is 10.5. The topological polar surface area (TPSA) is 43.8 Å². The van der Waals surface area contributed by atoms with Crippen molar-refractivity contribution in [2.45, 2.75) is 44.9 Å². The standard InChI is InChI=1S/C19H25F3N2O2/c1-13(25)24-8-2-3-14-11-15(4-5-17(14)24)18(26)12-23-9-6-16(7-10-23)19(20,21)22/h4-5,11,16,18,26H,2-3,6-10,12H2,1H3/t18-/m0/s1. The van der Waals surface area contributed by atoms with Gasteiger partial charge >= 0.3 is 6.18 Å². The Kier molecular flexibility index (Phi) is 5.58. The van der Waals surface area contributed by atoms with E-state index in [0.717, 1.165) is 29.7 Å². The van der Waals surface area contributed by atoms with Gasteiger partial charge in [-0.1, -0.05) is 12.1 Å². The summed E-state index contributed by atoms with van der Waals surface area (Å²) >= 11 is 0. The van der Waals surface area contributed by atoms with E-state index in [-0.39, 0.29) is 18.7 Å². The Morgan fingerprint density at radius 3 is 2.58 bits per heavy atom. The van der Waals surface area contributed by atoms with Crippen molar-refractivity contribution >= 4 is 11.6 Å². The van der Waals surface area contributed by atoms with Crippen LogP contribution in [0.3, 0.4) is 0 Å². The first kappa shape index (κ1) is 19.2. The number of carbonyl (C=O) groups excluding carboxylic acids is 1. The molecule has 0 radical (unpaired) electrons. The number of likely N-dealkylation sites (tertiary alicyclic amines) is 1. The summed E-state index contributed by atoms with van der Waals surface area (Å²) in [5.41, 5.74) is 2.69. The SMILES string of the molecule is CC(=O)N1CCCc2cc([C@@H](O)CN3CCC(C(F)(F)F)CC3)ccc21. The second-order valence-electron chi connectivity index (χ2n) is 7.29. The van der Waals surface area contributed by atoms with Gasteiger partial charge in [0, 0.05) is 25.7 Å². The van der Waals surface area contributed by atoms with E-state index in [1.807, 2.05) is 23.1 Å². The molecule has 4 nitrogen and oxygen atoms in total. The van der Waals surface area contributed by atoms with Crippen LogP contribution in [0.15, 0.2) is 18.2 Å². The number of fused-ring (bicyclic) bond motifs is 1. The molecular weight excluding hydrogens is 345 g/mol. The summed E-state index contributed by atoms with van der Waals surface area (Å²) in [6.45, 7) is 3.29. The number of β-amino-alcohol motifs (C(OH)–C–C–N with tert-alkyl or cyclic N) is 1. The number of hydrogen-bond acceptors (Lipinski definition) is 3. The molecule has 2 heterocycles. The Bertz CT molecular complexity index is 655. The third-order valence-electron chi connectivity index (χ3n) is 5.47. The molecule has 3 rings (SSSR count). The lowest BCUT2D eigenvalue weighted by Gasteiger charge is -2.34. The van der Waals surface area contributed by atoms with Gasteiger partial charge in [0.15, 0.2) is 0 Å². The Balaban J connectivity index is 1.62. The van der Waals surface area contributed by atoms with Gasteiger partial charge in [-0.25, -0.2) is 0 Å². The molecule has 144 valence electrons. The van der Waals surface area contributed by atoms with Crippen molar-refractivity contribution in [1.82, 2.24) is 4.90 Å². The molecule has 1 aromatic carbocycles. The van der Waals surface area contributed by atoms with Crippen molar-refractivity contribution in [3.63, 3.8) is 0 Å². The van der Waals surface area contributed by atoms with E-state index in [0.29, 0.717) is 26.2 Å². The maximum absolute atomic E-state index is 12.7. The summed E-state index contributed by atoms with van der Waals surface area (Å²) < 4.78 is 38.2. The van der Waals surface area contributed by atoms with Crippen LogP contribution in [0, 0.1) is 5.92 Å². The largest absolute Gasteiger partial charge is 0.391 e. The molecule has 2 aliphatic heterocycles. The monoisotopic (exact) mass is 370 g/mol. The normalized spacial score (nSPS) is 20.7. The fraction of sp³-hybridized carbons (Fsp3) is 0.632. The van der Waals surface area contributed by atoms with Gasteiger partial charge in [-0.15, -0.1) is 0 Å². The molecule has 1 atom stereocenters. The van der Waals surface area contributed by atoms with Crippen LogP contribution < -0.4 is 4.90 Å². The molecule has 1 fully saturated rings. The van der Waals surface area contributed by atoms with Crippen molar-refractivity contribution in [3.8, 4) is 0 Å². The molecule has 1 aromatic rings. The van der Waals surface area contributed by atoms with Crippen molar-refractivity contribution in [2.24, 2.45) is 5.92 Å². The molecule has 0 aliphatic carbocycles. The number of rotatable bonds is 3. The van der Waals surface area contributed by atoms with Crippen LogP contribution in [0.1, 0.15) is 43.4 Å². The molecule has 7 heteroatoms. The zero-order valence-corrected chi connectivity index (χ0v) is 14.9. The first-order chi connectivity index (χ1) is 12.3. The van der Waals surface area contributed by atoms with Gasteiger partial charge in [0.2, 0.25) is 5.91 Å². The first-order valence-corrected chi connectivity index (χ1v) is 9.14. The number of aliphatic hydroxyl groups excluding tert-OH is 1. The fourth-order valence-corrected chi connectivity index (χ4v) is 3.94. The molecule has 0 aromatic heterocycles. The van der Waals surface area contributed by atoms with Gasteiger partial charge in [-0.2, -0.15) is 13.2 Å². The Hall–Kier alpha value is -1.60. The minimum absolute atomic E-state index is 0.00628. The van der Waals surface area contributed by atoms with Crippen LogP contribution in [0.5, 0.6) is 0 Å². The van der Waals surface area contributed by atoms with Crippen LogP contribution in [-0.4, -0.2) is 48.3 Å². The summed E-state index contributed by atoms with van der Waals surface area (Å²) in [5.74, 6) is -1.22. The second-order valence-corrected chi connectivity index (χ2v) is 7.29. The third kappa shape index (κ3) is 4.20. The summed E-state index contributed by atoms with van der Waals surface area (Å²) in [6.07, 6.45) is -2.93. The summed E-state index contributed by atoms with van der Waals surface area (Å²) in [7, 11) is 0. The zero-order valence-electron chi connectivity index (χ0n) is 14.9. The quantitative estimate of drug-likeness (QED) is 0.888. The Morgan fingerprint density at radius 2 is 1.96 bits per heavy atom. The van der Waals surface area contributed by atoms with E-state index in [9.17, 15) is 23.1 Å². The van der Waals surface area contributed by atoms with Gasteiger partial charge in [0.05, 0.1) is 12.0 Å². The molecule has 0 saturated carbocycles. The molecule has 1 saturated heterocycles. The highest BCUT2D eigenvalue weighted by molar-refractivity contribution is 5.92. The lowest BCUT2D eigenvalue weighted by atomic mass is 9.94. The number of hydrogen-bond donors (Lipinski definition) is 1. The van der Waals surface area contributed by atoms with Gasteiger partial charge in [0.1, 0.15) is 0 Å². The molecular formula is C19H25F3N2O2. The fourth-order valence-electron chi connectivity index (χ4n) is 3.94. The van der Waals surface area contributed by atoms with Crippen molar-refractivity contribution in [3.05, 3.63) is 29.3 Å². The van der Waals surface area contributed by atoms with E-state index in [4.69, 9.17) is 0 Å². The highest BCUT2D eigenvalue weighted by atomic mass is 19.4. The number of alkyl halides is 3. The molecule has 2 aliphatic rings. The van der Waals surface area contributed by atoms with Gasteiger partial charge < -0.3 is 14.9 Å². The molecule has 0 bridgehead atoms. The predicted octanol–water partition coefficient (Wildman–Crippen LogP) is 3.29. The van der Waals surface area contributed by atoms with Crippen LogP contribution >= 0.6 is 0 Å². The minimum Gasteiger partial charge on any atom is -0.387 e. The lowest BCUT2D eigenvalue weighted by Crippen LogP contribution is -2.40. The molecule has 1 N–H and O–H groups in total. The first-order valence-electron chi connectivity index (χ1n) is 9.14. The number of benzene rings is 1. The van der Waals surface area contributed by atoms with Crippen LogP contribution in [0.25, 0.3) is 0 Å². The molecule has 1 amide bonds. The number of amides is 1. The predicted molar refractivity (Wildman–Crippen MR) is 93.0 cm³/mol. The average Bonchev–Trinajstić information content (AvgIpc) is 2.60. The van der Waals surface area contributed by atoms with E-state index >= 15 is 0 Å². The smallest absolute Gasteiger partial charge is 0.387 e. The van der Waals surface area contributed by atoms with Gasteiger partial charge in [-0.3, -0.25) is 4.79 Å². The maximum atomic E-state index is 12.7. The third-order valence-corrected chi connectivity index (χ3v) is 5.47. The van der Waals surface area contributed by atoms with E-state index in [1.54, 1.807) is 11.8 Å². The van der Waals surface area contributed by atoms with E-state index in [1.165, 1.54) is 0 Å². The molecule has 0 unspecified atom stereocenters. The number of carbonyl (C=O) groups is 1. The highest BCUT2D eigenvalue weighted by Gasteiger charge is 2.41. The van der Waals surface area contributed by atoms with Crippen LogP contribution in [0.4, 0.5) is 18.9 Å². The Labute approximate surface area is 151 Å². The second kappa shape index (κ2) is 7.56. The minimum atomic E-state index is -4.12. The number of halogens is 3. The zero-order chi connectivity index (χ0) is 18.9. The number of aliphatic hydroxyl groups is 1. The highest BCUT2D eigenvalue weighted by Crippen LogP contribution is 2.35. The van der Waals surface area contributed by atoms with Gasteiger partial charge in [-0.05, 0) is 56.0 Å². The number of nitrogens with zero attached hydrogens (tertiary/aromatic N) is 2. The lowest BCUT2D eigenvalue weighted by molar-refractivity contribution is -0.185. The van der Waals surface area contributed by atoms with Gasteiger partial charge in [0.25, 0.3) is 0 Å². The summed E-state index contributed by atoms with van der Waals surface area (Å²) in [4.78, 5) is 15.4. The Morgan fingerprint density at radius 1 is 1.27 bits per heavy atom. The number of anilines is 1. The van der Waals surface area contributed by atoms with E-state index < -0.39 is 18.2 Å². The van der Waals surface area contributed by atoms with Crippen molar-refractivity contribution in [2.75, 3.05) is 31.1 Å². The van der Waals surface area contributed by atoms with E-state index in [2.05, 4.69) is 0 Å². The number of aryl methyl sites for hydroxylation is 1. The summed E-state index contributed by atoms with van der Waals surface area (Å²) in [6, 6.07) is 5.61. The molecule has 26 heavy (non-hydrogen) atoms. The van der Waals surface area contributed by atoms with Crippen molar-refractivity contribution in [1.29, 1.82) is 0 Å². The molecule has 0 spiro atoms. The average molecular weight is 370 g/mol.